The van der Waals surface area contributed by atoms with Crippen LogP contribution in [-0.2, 0) is 9.59 Å². The van der Waals surface area contributed by atoms with E-state index in [1.165, 1.54) is 0 Å². The van der Waals surface area contributed by atoms with Crippen molar-refractivity contribution in [2.24, 2.45) is 5.92 Å². The number of aliphatic hydroxyl groups excluding tert-OH is 1. The average Bonchev–Trinajstić information content (AvgIpc) is 3.08. The van der Waals surface area contributed by atoms with E-state index in [0.717, 1.165) is 31.2 Å². The van der Waals surface area contributed by atoms with E-state index in [0.29, 0.717) is 0 Å². The van der Waals surface area contributed by atoms with Gasteiger partial charge < -0.3 is 15.7 Å². The topological polar surface area (TPSA) is 78.4 Å². The summed E-state index contributed by atoms with van der Waals surface area (Å²) in [5, 5.41) is 15.6. The first-order valence-electron chi connectivity index (χ1n) is 8.36. The van der Waals surface area contributed by atoms with Gasteiger partial charge in [0.05, 0.1) is 6.10 Å². The molecule has 2 rings (SSSR count). The fourth-order valence-electron chi connectivity index (χ4n) is 2.95. The number of benzene rings is 1. The largest absolute Gasteiger partial charge is 0.387 e. The van der Waals surface area contributed by atoms with Gasteiger partial charge in [-0.25, -0.2) is 0 Å². The smallest absolute Gasteiger partial charge is 0.223 e. The minimum atomic E-state index is -0.719. The minimum absolute atomic E-state index is 0.0621. The molecule has 2 unspecified atom stereocenters. The van der Waals surface area contributed by atoms with Crippen LogP contribution in [0.1, 0.15) is 50.7 Å². The molecule has 2 amide bonds. The zero-order chi connectivity index (χ0) is 16.7. The minimum Gasteiger partial charge on any atom is -0.387 e. The Morgan fingerprint density at radius 1 is 1.22 bits per heavy atom. The molecule has 23 heavy (non-hydrogen) atoms. The number of nitrogens with one attached hydrogen (secondary N) is 2. The molecule has 1 fully saturated rings. The van der Waals surface area contributed by atoms with Crippen LogP contribution in [0.4, 0.5) is 0 Å². The third kappa shape index (κ3) is 5.67. The lowest BCUT2D eigenvalue weighted by atomic mass is 10.1. The summed E-state index contributed by atoms with van der Waals surface area (Å²) in [5.41, 5.74) is 0.774. The van der Waals surface area contributed by atoms with Crippen molar-refractivity contribution in [2.45, 2.75) is 51.2 Å². The molecule has 0 aromatic heterocycles. The molecule has 0 radical (unpaired) electrons. The van der Waals surface area contributed by atoms with Crippen molar-refractivity contribution >= 4 is 11.8 Å². The summed E-state index contributed by atoms with van der Waals surface area (Å²) < 4.78 is 0. The van der Waals surface area contributed by atoms with Gasteiger partial charge in [-0.2, -0.15) is 0 Å². The highest BCUT2D eigenvalue weighted by Gasteiger charge is 2.24. The number of rotatable bonds is 7. The number of carbonyl (C=O) groups is 2. The van der Waals surface area contributed by atoms with Gasteiger partial charge in [-0.15, -0.1) is 0 Å². The van der Waals surface area contributed by atoms with Crippen molar-refractivity contribution in [1.29, 1.82) is 0 Å². The lowest BCUT2D eigenvalue weighted by Crippen LogP contribution is -2.40. The Hall–Kier alpha value is -1.88. The number of carbonyl (C=O) groups excluding carboxylic acids is 2. The van der Waals surface area contributed by atoms with Crippen LogP contribution in [0.2, 0.25) is 0 Å². The summed E-state index contributed by atoms with van der Waals surface area (Å²) in [5.74, 6) is 0.00624. The molecule has 5 nitrogen and oxygen atoms in total. The first kappa shape index (κ1) is 17.5. The van der Waals surface area contributed by atoms with Crippen molar-refractivity contribution in [3.05, 3.63) is 35.9 Å². The fraction of sp³-hybridized carbons (Fsp3) is 0.556. The Balaban J connectivity index is 1.68. The van der Waals surface area contributed by atoms with E-state index in [9.17, 15) is 14.7 Å². The van der Waals surface area contributed by atoms with E-state index in [1.54, 1.807) is 0 Å². The predicted molar refractivity (Wildman–Crippen MR) is 88.6 cm³/mol. The van der Waals surface area contributed by atoms with Crippen LogP contribution in [0.25, 0.3) is 0 Å². The molecular formula is C18H26N2O3. The second kappa shape index (κ2) is 8.67. The molecule has 0 bridgehead atoms. The molecule has 1 saturated carbocycles. The van der Waals surface area contributed by atoms with E-state index >= 15 is 0 Å². The van der Waals surface area contributed by atoms with Gasteiger partial charge >= 0.3 is 0 Å². The standard InChI is InChI=1S/C18H26N2O3/c1-13(20-18(23)15-9-5-6-10-15)11-17(22)19-12-16(21)14-7-3-2-4-8-14/h2-4,7-8,13,15-16,21H,5-6,9-12H2,1H3,(H,19,22)(H,20,23). The van der Waals surface area contributed by atoms with Gasteiger partial charge in [-0.05, 0) is 25.3 Å². The maximum absolute atomic E-state index is 12.0. The van der Waals surface area contributed by atoms with Gasteiger partial charge in [-0.1, -0.05) is 43.2 Å². The zero-order valence-electron chi connectivity index (χ0n) is 13.6. The van der Waals surface area contributed by atoms with Gasteiger partial charge in [0.1, 0.15) is 0 Å². The summed E-state index contributed by atoms with van der Waals surface area (Å²) >= 11 is 0. The van der Waals surface area contributed by atoms with Crippen molar-refractivity contribution in [3.8, 4) is 0 Å². The summed E-state index contributed by atoms with van der Waals surface area (Å²) in [7, 11) is 0. The SMILES string of the molecule is CC(CC(=O)NCC(O)c1ccccc1)NC(=O)C1CCCC1. The summed E-state index contributed by atoms with van der Waals surface area (Å²) in [6.45, 7) is 2.01. The molecule has 0 heterocycles. The van der Waals surface area contributed by atoms with Gasteiger partial charge in [0.2, 0.25) is 11.8 Å². The van der Waals surface area contributed by atoms with Crippen LogP contribution in [0.3, 0.4) is 0 Å². The van der Waals surface area contributed by atoms with Crippen LogP contribution in [0, 0.1) is 5.92 Å². The van der Waals surface area contributed by atoms with E-state index in [4.69, 9.17) is 0 Å². The van der Waals surface area contributed by atoms with Gasteiger partial charge in [0, 0.05) is 24.9 Å². The predicted octanol–water partition coefficient (Wildman–Crippen LogP) is 1.92. The monoisotopic (exact) mass is 318 g/mol. The summed E-state index contributed by atoms with van der Waals surface area (Å²) in [6.07, 6.45) is 3.64. The summed E-state index contributed by atoms with van der Waals surface area (Å²) in [6, 6.07) is 9.02. The Labute approximate surface area is 137 Å². The normalized spacial score (nSPS) is 17.5. The van der Waals surface area contributed by atoms with Crippen molar-refractivity contribution in [2.75, 3.05) is 6.54 Å². The van der Waals surface area contributed by atoms with Crippen LogP contribution in [-0.4, -0.2) is 29.5 Å². The van der Waals surface area contributed by atoms with Gasteiger partial charge in [0.15, 0.2) is 0 Å². The highest BCUT2D eigenvalue weighted by molar-refractivity contribution is 5.81. The average molecular weight is 318 g/mol. The molecule has 1 aliphatic rings. The molecule has 1 aromatic carbocycles. The quantitative estimate of drug-likeness (QED) is 0.719. The van der Waals surface area contributed by atoms with Crippen molar-refractivity contribution in [1.82, 2.24) is 10.6 Å². The molecule has 3 N–H and O–H groups in total. The highest BCUT2D eigenvalue weighted by atomic mass is 16.3. The first-order chi connectivity index (χ1) is 11.1. The second-order valence-electron chi connectivity index (χ2n) is 6.33. The summed E-state index contributed by atoms with van der Waals surface area (Å²) in [4.78, 5) is 23.9. The van der Waals surface area contributed by atoms with E-state index in [1.807, 2.05) is 37.3 Å². The van der Waals surface area contributed by atoms with Crippen molar-refractivity contribution in [3.63, 3.8) is 0 Å². The zero-order valence-corrected chi connectivity index (χ0v) is 13.6. The number of amides is 2. The first-order valence-corrected chi connectivity index (χ1v) is 8.36. The molecule has 1 aromatic rings. The third-order valence-electron chi connectivity index (χ3n) is 4.28. The molecule has 0 saturated heterocycles. The number of hydrogen-bond donors (Lipinski definition) is 3. The van der Waals surface area contributed by atoms with E-state index in [-0.39, 0.29) is 36.7 Å². The molecule has 5 heteroatoms. The molecule has 0 aliphatic heterocycles. The fourth-order valence-corrected chi connectivity index (χ4v) is 2.95. The van der Waals surface area contributed by atoms with Gasteiger partial charge in [0.25, 0.3) is 0 Å². The lowest BCUT2D eigenvalue weighted by molar-refractivity contribution is -0.126. The van der Waals surface area contributed by atoms with E-state index in [2.05, 4.69) is 10.6 Å². The molecule has 0 spiro atoms. The van der Waals surface area contributed by atoms with Crippen LogP contribution < -0.4 is 10.6 Å². The van der Waals surface area contributed by atoms with E-state index < -0.39 is 6.10 Å². The maximum atomic E-state index is 12.0. The van der Waals surface area contributed by atoms with Crippen molar-refractivity contribution < 1.29 is 14.7 Å². The Bertz CT molecular complexity index is 512. The highest BCUT2D eigenvalue weighted by Crippen LogP contribution is 2.24. The molecular weight excluding hydrogens is 292 g/mol. The maximum Gasteiger partial charge on any atom is 0.223 e. The Kier molecular flexibility index (Phi) is 6.59. The van der Waals surface area contributed by atoms with Crippen LogP contribution in [0.5, 0.6) is 0 Å². The third-order valence-corrected chi connectivity index (χ3v) is 4.28. The molecule has 2 atom stereocenters. The van der Waals surface area contributed by atoms with Crippen LogP contribution >= 0.6 is 0 Å². The Morgan fingerprint density at radius 2 is 1.87 bits per heavy atom. The second-order valence-corrected chi connectivity index (χ2v) is 6.33. The lowest BCUT2D eigenvalue weighted by Gasteiger charge is -2.17. The molecule has 1 aliphatic carbocycles. The number of aliphatic hydroxyl groups is 1. The Morgan fingerprint density at radius 3 is 2.52 bits per heavy atom. The number of hydrogen-bond acceptors (Lipinski definition) is 3. The van der Waals surface area contributed by atoms with Crippen LogP contribution in [0.15, 0.2) is 30.3 Å². The van der Waals surface area contributed by atoms with Gasteiger partial charge in [-0.3, -0.25) is 9.59 Å². The molecule has 126 valence electrons.